The Kier molecular flexibility index (Phi) is 1.83. The molecule has 2 N–H and O–H groups in total. The minimum Gasteiger partial charge on any atom is -0.481 e. The molecule has 2 rings (SSSR count). The van der Waals surface area contributed by atoms with Crippen LogP contribution in [0.1, 0.15) is 25.7 Å². The third kappa shape index (κ3) is 1.12. The molecule has 0 saturated heterocycles. The van der Waals surface area contributed by atoms with E-state index in [1.165, 1.54) is 0 Å². The lowest BCUT2D eigenvalue weighted by molar-refractivity contribution is -0.142. The highest BCUT2D eigenvalue weighted by Crippen LogP contribution is 2.45. The molecule has 2 aliphatic carbocycles. The number of aliphatic hydroxyl groups excluding tert-OH is 1. The fourth-order valence-electron chi connectivity index (χ4n) is 2.72. The third-order valence-electron chi connectivity index (χ3n) is 3.43. The maximum absolute atomic E-state index is 10.8. The maximum atomic E-state index is 10.8. The van der Waals surface area contributed by atoms with Crippen molar-refractivity contribution >= 4 is 5.97 Å². The predicted octanol–water partition coefficient (Wildman–Crippen LogP) is 0.868. The van der Waals surface area contributed by atoms with Gasteiger partial charge in [0, 0.05) is 0 Å². The Bertz CT molecular complexity index is 202. The molecule has 12 heavy (non-hydrogen) atoms. The number of hydrogen-bond donors (Lipinski definition) is 2. The monoisotopic (exact) mass is 170 g/mol. The van der Waals surface area contributed by atoms with Crippen LogP contribution in [0.5, 0.6) is 0 Å². The average Bonchev–Trinajstić information content (AvgIpc) is 2.37. The molecule has 0 aromatic heterocycles. The Morgan fingerprint density at radius 1 is 1.17 bits per heavy atom. The van der Waals surface area contributed by atoms with Crippen molar-refractivity contribution in [3.05, 3.63) is 0 Å². The van der Waals surface area contributed by atoms with Crippen LogP contribution < -0.4 is 0 Å². The highest BCUT2D eigenvalue weighted by molar-refractivity contribution is 5.70. The first kappa shape index (κ1) is 8.05. The van der Waals surface area contributed by atoms with Crippen LogP contribution in [0.4, 0.5) is 0 Å². The molecule has 4 atom stereocenters. The number of carbonyl (C=O) groups is 1. The molecule has 0 aromatic carbocycles. The van der Waals surface area contributed by atoms with Gasteiger partial charge >= 0.3 is 5.97 Å². The summed E-state index contributed by atoms with van der Waals surface area (Å²) in [6, 6.07) is 0. The molecule has 2 bridgehead atoms. The Hall–Kier alpha value is -0.570. The number of aliphatic carboxylic acids is 1. The molecule has 2 fully saturated rings. The van der Waals surface area contributed by atoms with Gasteiger partial charge in [-0.2, -0.15) is 0 Å². The zero-order valence-corrected chi connectivity index (χ0v) is 6.94. The Balaban J connectivity index is 2.10. The molecule has 0 radical (unpaired) electrons. The average molecular weight is 170 g/mol. The van der Waals surface area contributed by atoms with Crippen LogP contribution >= 0.6 is 0 Å². The van der Waals surface area contributed by atoms with E-state index in [1.54, 1.807) is 0 Å². The molecule has 0 heterocycles. The van der Waals surface area contributed by atoms with Gasteiger partial charge < -0.3 is 10.2 Å². The van der Waals surface area contributed by atoms with Crippen molar-refractivity contribution in [1.82, 2.24) is 0 Å². The molecular weight excluding hydrogens is 156 g/mol. The summed E-state index contributed by atoms with van der Waals surface area (Å²) in [6.07, 6.45) is 3.10. The summed E-state index contributed by atoms with van der Waals surface area (Å²) in [7, 11) is 0. The number of fused-ring (bicyclic) bond motifs is 2. The van der Waals surface area contributed by atoms with Crippen molar-refractivity contribution in [3.63, 3.8) is 0 Å². The number of rotatable bonds is 1. The number of hydrogen-bond acceptors (Lipinski definition) is 2. The van der Waals surface area contributed by atoms with Crippen molar-refractivity contribution in [2.75, 3.05) is 0 Å². The summed E-state index contributed by atoms with van der Waals surface area (Å²) in [4.78, 5) is 10.8. The van der Waals surface area contributed by atoms with E-state index in [9.17, 15) is 9.90 Å². The van der Waals surface area contributed by atoms with Crippen molar-refractivity contribution in [3.8, 4) is 0 Å². The van der Waals surface area contributed by atoms with Crippen LogP contribution in [-0.2, 0) is 4.79 Å². The minimum absolute atomic E-state index is 0.174. The van der Waals surface area contributed by atoms with Crippen molar-refractivity contribution < 1.29 is 15.0 Å². The first-order chi connectivity index (χ1) is 5.68. The summed E-state index contributed by atoms with van der Waals surface area (Å²) < 4.78 is 0. The van der Waals surface area contributed by atoms with E-state index in [1.807, 2.05) is 0 Å². The van der Waals surface area contributed by atoms with Crippen LogP contribution in [0.3, 0.4) is 0 Å². The molecule has 68 valence electrons. The number of aliphatic hydroxyl groups is 1. The Morgan fingerprint density at radius 2 is 1.92 bits per heavy atom. The van der Waals surface area contributed by atoms with Crippen LogP contribution in [0, 0.1) is 17.8 Å². The third-order valence-corrected chi connectivity index (χ3v) is 3.43. The lowest BCUT2D eigenvalue weighted by Gasteiger charge is -2.24. The van der Waals surface area contributed by atoms with Crippen molar-refractivity contribution in [2.24, 2.45) is 17.8 Å². The summed E-state index contributed by atoms with van der Waals surface area (Å²) in [5, 5.41) is 18.4. The summed E-state index contributed by atoms with van der Waals surface area (Å²) in [5.41, 5.74) is 0. The second-order valence-corrected chi connectivity index (χ2v) is 4.08. The van der Waals surface area contributed by atoms with Crippen LogP contribution in [0.2, 0.25) is 0 Å². The standard InChI is InChI=1S/C9H14O3/c10-8-2-1-5-3-6(8)4-7(5)9(11)12/h5-8,10H,1-4H2,(H,11,12)/t5-,6+,7+,8-/m1/s1. The quantitative estimate of drug-likeness (QED) is 0.614. The first-order valence-electron chi connectivity index (χ1n) is 4.59. The second-order valence-electron chi connectivity index (χ2n) is 4.08. The zero-order chi connectivity index (χ0) is 8.72. The fourth-order valence-corrected chi connectivity index (χ4v) is 2.72. The van der Waals surface area contributed by atoms with Gasteiger partial charge in [-0.25, -0.2) is 0 Å². The lowest BCUT2D eigenvalue weighted by atomic mass is 9.85. The normalized spacial score (nSPS) is 46.1. The van der Waals surface area contributed by atoms with E-state index in [4.69, 9.17) is 5.11 Å². The lowest BCUT2D eigenvalue weighted by Crippen LogP contribution is -2.23. The maximum Gasteiger partial charge on any atom is 0.306 e. The predicted molar refractivity (Wildman–Crippen MR) is 42.6 cm³/mol. The van der Waals surface area contributed by atoms with E-state index >= 15 is 0 Å². The number of carboxylic acid groups (broad SMARTS) is 1. The van der Waals surface area contributed by atoms with Gasteiger partial charge in [0.15, 0.2) is 0 Å². The second kappa shape index (κ2) is 2.73. The molecular formula is C9H14O3. The van der Waals surface area contributed by atoms with Gasteiger partial charge in [0.05, 0.1) is 12.0 Å². The fraction of sp³-hybridized carbons (Fsp3) is 0.889. The van der Waals surface area contributed by atoms with Gasteiger partial charge in [-0.05, 0) is 37.5 Å². The topological polar surface area (TPSA) is 57.5 Å². The van der Waals surface area contributed by atoms with Crippen molar-refractivity contribution in [1.29, 1.82) is 0 Å². The van der Waals surface area contributed by atoms with Gasteiger partial charge in [0.1, 0.15) is 0 Å². The molecule has 3 nitrogen and oxygen atoms in total. The van der Waals surface area contributed by atoms with E-state index in [0.29, 0.717) is 12.3 Å². The van der Waals surface area contributed by atoms with Crippen molar-refractivity contribution in [2.45, 2.75) is 31.8 Å². The van der Waals surface area contributed by atoms with E-state index in [-0.39, 0.29) is 17.9 Å². The molecule has 0 spiro atoms. The van der Waals surface area contributed by atoms with Crippen LogP contribution in [-0.4, -0.2) is 22.3 Å². The Morgan fingerprint density at radius 3 is 2.50 bits per heavy atom. The molecule has 2 saturated carbocycles. The van der Waals surface area contributed by atoms with Gasteiger partial charge in [0.25, 0.3) is 0 Å². The Labute approximate surface area is 71.4 Å². The SMILES string of the molecule is O=C(O)[C@H]1C[C@@H]2C[C@H]1CC[C@H]2O. The van der Waals surface area contributed by atoms with Gasteiger partial charge in [-0.3, -0.25) is 4.79 Å². The first-order valence-corrected chi connectivity index (χ1v) is 4.59. The minimum atomic E-state index is -0.670. The smallest absolute Gasteiger partial charge is 0.306 e. The van der Waals surface area contributed by atoms with Gasteiger partial charge in [-0.15, -0.1) is 0 Å². The summed E-state index contributed by atoms with van der Waals surface area (Å²) in [5.74, 6) is -0.232. The molecule has 0 unspecified atom stereocenters. The highest BCUT2D eigenvalue weighted by Gasteiger charge is 2.44. The van der Waals surface area contributed by atoms with E-state index < -0.39 is 5.97 Å². The van der Waals surface area contributed by atoms with Crippen LogP contribution in [0.25, 0.3) is 0 Å². The summed E-state index contributed by atoms with van der Waals surface area (Å²) in [6.45, 7) is 0. The van der Waals surface area contributed by atoms with E-state index in [0.717, 1.165) is 19.3 Å². The zero-order valence-electron chi connectivity index (χ0n) is 6.94. The molecule has 0 aromatic rings. The van der Waals surface area contributed by atoms with Crippen LogP contribution in [0.15, 0.2) is 0 Å². The van der Waals surface area contributed by atoms with Gasteiger partial charge in [-0.1, -0.05) is 0 Å². The molecule has 0 amide bonds. The number of carboxylic acids is 1. The molecule has 0 aliphatic heterocycles. The molecule has 2 aliphatic rings. The summed E-state index contributed by atoms with van der Waals surface area (Å²) >= 11 is 0. The van der Waals surface area contributed by atoms with Gasteiger partial charge in [0.2, 0.25) is 0 Å². The largest absolute Gasteiger partial charge is 0.481 e. The molecule has 3 heteroatoms. The highest BCUT2D eigenvalue weighted by atomic mass is 16.4. The van der Waals surface area contributed by atoms with E-state index in [2.05, 4.69) is 0 Å².